The van der Waals surface area contributed by atoms with Crippen LogP contribution < -0.4 is 5.32 Å². The zero-order valence-electron chi connectivity index (χ0n) is 9.36. The molecule has 0 amide bonds. The van der Waals surface area contributed by atoms with Crippen molar-refractivity contribution in [2.75, 3.05) is 11.9 Å². The molecule has 86 valence electrons. The maximum absolute atomic E-state index is 10.9. The van der Waals surface area contributed by atoms with E-state index in [0.717, 1.165) is 6.54 Å². The predicted molar refractivity (Wildman–Crippen MR) is 61.6 cm³/mol. The van der Waals surface area contributed by atoms with Crippen molar-refractivity contribution in [2.45, 2.75) is 26.2 Å². The van der Waals surface area contributed by atoms with Crippen molar-refractivity contribution in [3.05, 3.63) is 24.0 Å². The number of carbonyl (C=O) groups is 1. The number of nitrogens with one attached hydrogen (secondary N) is 1. The Kier molecular flexibility index (Phi) is 2.81. The number of hydrogen-bond donors (Lipinski definition) is 2. The van der Waals surface area contributed by atoms with Gasteiger partial charge < -0.3 is 10.4 Å². The van der Waals surface area contributed by atoms with Crippen LogP contribution in [0.5, 0.6) is 0 Å². The minimum Gasteiger partial charge on any atom is -0.476 e. The van der Waals surface area contributed by atoms with Gasteiger partial charge in [-0.1, -0.05) is 13.3 Å². The lowest BCUT2D eigenvalue weighted by Crippen LogP contribution is -2.33. The van der Waals surface area contributed by atoms with Gasteiger partial charge in [-0.15, -0.1) is 0 Å². The topological polar surface area (TPSA) is 62.2 Å². The summed E-state index contributed by atoms with van der Waals surface area (Å²) in [7, 11) is 0. The molecule has 0 saturated heterocycles. The molecule has 0 unspecified atom stereocenters. The van der Waals surface area contributed by atoms with Gasteiger partial charge in [-0.2, -0.15) is 0 Å². The minimum absolute atomic E-state index is 0.102. The molecular weight excluding hydrogens is 204 g/mol. The lowest BCUT2D eigenvalue weighted by Gasteiger charge is -2.38. The summed E-state index contributed by atoms with van der Waals surface area (Å²) in [5, 5.41) is 12.2. The van der Waals surface area contributed by atoms with E-state index in [1.807, 2.05) is 0 Å². The van der Waals surface area contributed by atoms with E-state index in [1.165, 1.54) is 25.5 Å². The second-order valence-electron chi connectivity index (χ2n) is 4.72. The molecule has 0 aliphatic heterocycles. The van der Waals surface area contributed by atoms with Crippen LogP contribution in [-0.2, 0) is 0 Å². The fraction of sp³-hybridized carbons (Fsp3) is 0.500. The van der Waals surface area contributed by atoms with E-state index in [1.54, 1.807) is 12.1 Å². The van der Waals surface area contributed by atoms with Gasteiger partial charge in [0.1, 0.15) is 0 Å². The summed E-state index contributed by atoms with van der Waals surface area (Å²) in [5.41, 5.74) is 1.04. The number of pyridine rings is 1. The Morgan fingerprint density at radius 3 is 2.94 bits per heavy atom. The third-order valence-corrected chi connectivity index (χ3v) is 3.28. The quantitative estimate of drug-likeness (QED) is 0.817. The van der Waals surface area contributed by atoms with E-state index in [0.29, 0.717) is 11.1 Å². The van der Waals surface area contributed by atoms with Crippen LogP contribution in [0.1, 0.15) is 36.7 Å². The minimum atomic E-state index is -0.984. The zero-order valence-corrected chi connectivity index (χ0v) is 9.36. The van der Waals surface area contributed by atoms with Crippen LogP contribution in [0.25, 0.3) is 0 Å². The van der Waals surface area contributed by atoms with Gasteiger partial charge in [0, 0.05) is 12.7 Å². The third kappa shape index (κ3) is 2.15. The maximum atomic E-state index is 10.9. The smallest absolute Gasteiger partial charge is 0.356 e. The highest BCUT2D eigenvalue weighted by Crippen LogP contribution is 2.40. The number of aromatic nitrogens is 1. The number of carboxylic acids is 1. The number of aromatic carboxylic acids is 1. The molecule has 1 heterocycles. The highest BCUT2D eigenvalue weighted by atomic mass is 16.4. The zero-order chi connectivity index (χ0) is 11.6. The molecule has 16 heavy (non-hydrogen) atoms. The highest BCUT2D eigenvalue weighted by molar-refractivity contribution is 5.91. The first kappa shape index (κ1) is 10.9. The summed E-state index contributed by atoms with van der Waals surface area (Å²) >= 11 is 0. The van der Waals surface area contributed by atoms with E-state index >= 15 is 0 Å². The van der Waals surface area contributed by atoms with E-state index in [2.05, 4.69) is 17.2 Å². The Labute approximate surface area is 94.7 Å². The van der Waals surface area contributed by atoms with Crippen molar-refractivity contribution < 1.29 is 9.90 Å². The number of hydrogen-bond acceptors (Lipinski definition) is 3. The Morgan fingerprint density at radius 2 is 2.38 bits per heavy atom. The Hall–Kier alpha value is -1.58. The van der Waals surface area contributed by atoms with Gasteiger partial charge >= 0.3 is 5.97 Å². The van der Waals surface area contributed by atoms with Crippen LogP contribution in [-0.4, -0.2) is 22.6 Å². The molecule has 1 aliphatic carbocycles. The van der Waals surface area contributed by atoms with Crippen LogP contribution in [0, 0.1) is 5.41 Å². The molecule has 1 aliphatic rings. The fourth-order valence-corrected chi connectivity index (χ4v) is 1.98. The molecule has 1 fully saturated rings. The van der Waals surface area contributed by atoms with Gasteiger partial charge in [0.2, 0.25) is 0 Å². The first-order valence-electron chi connectivity index (χ1n) is 5.53. The number of rotatable bonds is 4. The molecule has 1 aromatic heterocycles. The summed E-state index contributed by atoms with van der Waals surface area (Å²) < 4.78 is 0. The van der Waals surface area contributed by atoms with E-state index < -0.39 is 5.97 Å². The largest absolute Gasteiger partial charge is 0.476 e. The van der Waals surface area contributed by atoms with Gasteiger partial charge in [0.15, 0.2) is 5.69 Å². The first-order chi connectivity index (χ1) is 7.61. The molecule has 4 nitrogen and oxygen atoms in total. The molecule has 0 radical (unpaired) electrons. The van der Waals surface area contributed by atoms with Gasteiger partial charge in [0.05, 0.1) is 5.69 Å². The first-order valence-corrected chi connectivity index (χ1v) is 5.53. The number of nitrogens with zero attached hydrogens (tertiary/aromatic N) is 1. The van der Waals surface area contributed by atoms with Crippen molar-refractivity contribution in [3.8, 4) is 0 Å². The summed E-state index contributed by atoms with van der Waals surface area (Å²) in [6, 6.07) is 3.51. The monoisotopic (exact) mass is 220 g/mol. The van der Waals surface area contributed by atoms with Gasteiger partial charge in [-0.3, -0.25) is 0 Å². The Bertz CT molecular complexity index is 400. The molecule has 0 atom stereocenters. The Morgan fingerprint density at radius 1 is 1.62 bits per heavy atom. The molecular formula is C12H16N2O2. The molecule has 4 heteroatoms. The molecule has 0 aromatic carbocycles. The van der Waals surface area contributed by atoms with Crippen molar-refractivity contribution in [2.24, 2.45) is 5.41 Å². The standard InChI is InChI=1S/C12H16N2O2/c1-12(5-3-6-12)8-14-9-4-2-7-13-10(9)11(15)16/h2,4,7,14H,3,5-6,8H2,1H3,(H,15,16). The second-order valence-corrected chi connectivity index (χ2v) is 4.72. The predicted octanol–water partition coefficient (Wildman–Crippen LogP) is 2.38. The molecule has 0 bridgehead atoms. The lowest BCUT2D eigenvalue weighted by atomic mass is 9.70. The average molecular weight is 220 g/mol. The van der Waals surface area contributed by atoms with Gasteiger partial charge in [-0.25, -0.2) is 9.78 Å². The Balaban J connectivity index is 2.06. The van der Waals surface area contributed by atoms with Crippen LogP contribution in [0.2, 0.25) is 0 Å². The van der Waals surface area contributed by atoms with Gasteiger partial charge in [-0.05, 0) is 30.4 Å². The fourth-order valence-electron chi connectivity index (χ4n) is 1.98. The molecule has 2 N–H and O–H groups in total. The second kappa shape index (κ2) is 4.12. The third-order valence-electron chi connectivity index (χ3n) is 3.28. The van der Waals surface area contributed by atoms with Gasteiger partial charge in [0.25, 0.3) is 0 Å². The number of carboxylic acid groups (broad SMARTS) is 1. The summed E-state index contributed by atoms with van der Waals surface area (Å²) in [6.45, 7) is 3.04. The van der Waals surface area contributed by atoms with E-state index in [4.69, 9.17) is 5.11 Å². The highest BCUT2D eigenvalue weighted by Gasteiger charge is 2.31. The summed E-state index contributed by atoms with van der Waals surface area (Å²) in [5.74, 6) is -0.984. The van der Waals surface area contributed by atoms with Crippen molar-refractivity contribution in [1.82, 2.24) is 4.98 Å². The molecule has 0 spiro atoms. The number of anilines is 1. The normalized spacial score (nSPS) is 17.6. The maximum Gasteiger partial charge on any atom is 0.356 e. The molecule has 1 saturated carbocycles. The van der Waals surface area contributed by atoms with Crippen LogP contribution in [0.4, 0.5) is 5.69 Å². The van der Waals surface area contributed by atoms with Crippen LogP contribution in [0.15, 0.2) is 18.3 Å². The lowest BCUT2D eigenvalue weighted by molar-refractivity contribution is 0.0691. The summed E-state index contributed by atoms with van der Waals surface area (Å²) in [4.78, 5) is 14.8. The average Bonchev–Trinajstić information content (AvgIpc) is 2.24. The van der Waals surface area contributed by atoms with E-state index in [-0.39, 0.29) is 5.69 Å². The van der Waals surface area contributed by atoms with E-state index in [9.17, 15) is 4.79 Å². The SMILES string of the molecule is CC1(CNc2cccnc2C(=O)O)CCC1. The summed E-state index contributed by atoms with van der Waals surface area (Å²) in [6.07, 6.45) is 5.20. The molecule has 1 aromatic rings. The van der Waals surface area contributed by atoms with Crippen molar-refractivity contribution in [3.63, 3.8) is 0 Å². The molecule has 2 rings (SSSR count). The van der Waals surface area contributed by atoms with Crippen molar-refractivity contribution >= 4 is 11.7 Å². The van der Waals surface area contributed by atoms with Crippen molar-refractivity contribution in [1.29, 1.82) is 0 Å². The van der Waals surface area contributed by atoms with Crippen LogP contribution in [0.3, 0.4) is 0 Å². The van der Waals surface area contributed by atoms with Crippen LogP contribution >= 0.6 is 0 Å².